The Morgan fingerprint density at radius 2 is 2.28 bits per heavy atom. The van der Waals surface area contributed by atoms with Gasteiger partial charge in [-0.1, -0.05) is 22.0 Å². The number of carbonyl (C=O) groups is 1. The number of aromatic nitrogens is 4. The molecule has 0 radical (unpaired) electrons. The summed E-state index contributed by atoms with van der Waals surface area (Å²) >= 11 is 3.34. The zero-order valence-corrected chi connectivity index (χ0v) is 11.6. The van der Waals surface area contributed by atoms with Crippen LogP contribution in [-0.2, 0) is 13.6 Å². The van der Waals surface area contributed by atoms with Crippen molar-refractivity contribution in [2.75, 3.05) is 7.05 Å². The van der Waals surface area contributed by atoms with Gasteiger partial charge in [0.1, 0.15) is 0 Å². The molecule has 0 atom stereocenters. The zero-order valence-electron chi connectivity index (χ0n) is 10.0. The second-order valence-electron chi connectivity index (χ2n) is 3.89. The van der Waals surface area contributed by atoms with Crippen LogP contribution in [0.15, 0.2) is 28.7 Å². The molecule has 0 saturated heterocycles. The molecule has 18 heavy (non-hydrogen) atoms. The lowest BCUT2D eigenvalue weighted by atomic mass is 10.2. The van der Waals surface area contributed by atoms with E-state index >= 15 is 0 Å². The Balaban J connectivity index is 2.12. The van der Waals surface area contributed by atoms with Gasteiger partial charge < -0.3 is 4.90 Å². The fourth-order valence-corrected chi connectivity index (χ4v) is 1.91. The largest absolute Gasteiger partial charge is 0.334 e. The van der Waals surface area contributed by atoms with Gasteiger partial charge in [-0.15, -0.1) is 5.10 Å². The molecule has 7 heteroatoms. The number of amides is 1. The highest BCUT2D eigenvalue weighted by Crippen LogP contribution is 2.13. The molecule has 0 saturated carbocycles. The van der Waals surface area contributed by atoms with E-state index in [0.29, 0.717) is 17.9 Å². The number of carbonyl (C=O) groups excluding carboxylic acids is 1. The summed E-state index contributed by atoms with van der Waals surface area (Å²) in [5.41, 5.74) is 0.627. The van der Waals surface area contributed by atoms with Crippen molar-refractivity contribution in [1.82, 2.24) is 25.1 Å². The second kappa shape index (κ2) is 5.26. The number of aryl methyl sites for hydroxylation is 1. The van der Waals surface area contributed by atoms with E-state index in [1.54, 1.807) is 35.8 Å². The van der Waals surface area contributed by atoms with Gasteiger partial charge in [-0.25, -0.2) is 4.68 Å². The molecule has 0 fully saturated rings. The van der Waals surface area contributed by atoms with Crippen LogP contribution >= 0.6 is 15.9 Å². The Hall–Kier alpha value is -1.76. The number of hydrogen-bond acceptors (Lipinski definition) is 4. The van der Waals surface area contributed by atoms with Crippen molar-refractivity contribution < 1.29 is 4.79 Å². The number of benzene rings is 1. The van der Waals surface area contributed by atoms with E-state index in [4.69, 9.17) is 0 Å². The first-order valence-electron chi connectivity index (χ1n) is 5.30. The zero-order chi connectivity index (χ0) is 13.1. The molecule has 2 rings (SSSR count). The van der Waals surface area contributed by atoms with Gasteiger partial charge in [0.05, 0.1) is 6.54 Å². The van der Waals surface area contributed by atoms with Crippen LogP contribution in [0.1, 0.15) is 16.2 Å². The first-order chi connectivity index (χ1) is 8.58. The lowest BCUT2D eigenvalue weighted by Crippen LogP contribution is -2.27. The fourth-order valence-electron chi connectivity index (χ4n) is 1.51. The molecule has 0 N–H and O–H groups in total. The Bertz CT molecular complexity index is 568. The predicted octanol–water partition coefficient (Wildman–Crippen LogP) is 1.24. The first kappa shape index (κ1) is 12.7. The normalized spacial score (nSPS) is 10.4. The minimum absolute atomic E-state index is 0.0701. The highest BCUT2D eigenvalue weighted by Gasteiger charge is 2.14. The molecular formula is C11H12BrN5O. The Kier molecular flexibility index (Phi) is 3.71. The van der Waals surface area contributed by atoms with Crippen LogP contribution in [0.2, 0.25) is 0 Å². The van der Waals surface area contributed by atoms with E-state index in [0.717, 1.165) is 4.47 Å². The Morgan fingerprint density at radius 3 is 2.89 bits per heavy atom. The van der Waals surface area contributed by atoms with Crippen molar-refractivity contribution >= 4 is 21.8 Å². The number of nitrogens with zero attached hydrogens (tertiary/aromatic N) is 5. The third-order valence-corrected chi connectivity index (χ3v) is 3.00. The molecule has 1 amide bonds. The van der Waals surface area contributed by atoms with Crippen molar-refractivity contribution in [1.29, 1.82) is 0 Å². The maximum absolute atomic E-state index is 12.2. The summed E-state index contributed by atoms with van der Waals surface area (Å²) in [6.45, 7) is 0.370. The van der Waals surface area contributed by atoms with E-state index in [2.05, 4.69) is 31.5 Å². The van der Waals surface area contributed by atoms with Crippen LogP contribution in [0.3, 0.4) is 0 Å². The second-order valence-corrected chi connectivity index (χ2v) is 4.81. The highest BCUT2D eigenvalue weighted by atomic mass is 79.9. The molecule has 2 aromatic rings. The number of tetrazole rings is 1. The van der Waals surface area contributed by atoms with E-state index < -0.39 is 0 Å². The minimum atomic E-state index is -0.0701. The maximum Gasteiger partial charge on any atom is 0.254 e. The lowest BCUT2D eigenvalue weighted by Gasteiger charge is -2.16. The molecular weight excluding hydrogens is 298 g/mol. The Morgan fingerprint density at radius 1 is 1.50 bits per heavy atom. The van der Waals surface area contributed by atoms with E-state index in [9.17, 15) is 4.79 Å². The lowest BCUT2D eigenvalue weighted by molar-refractivity contribution is 0.0780. The molecule has 0 aliphatic heterocycles. The Labute approximate surface area is 113 Å². The average Bonchev–Trinajstić information content (AvgIpc) is 2.74. The predicted molar refractivity (Wildman–Crippen MR) is 68.7 cm³/mol. The van der Waals surface area contributed by atoms with Gasteiger partial charge in [-0.2, -0.15) is 0 Å². The summed E-state index contributed by atoms with van der Waals surface area (Å²) in [5, 5.41) is 11.1. The number of rotatable bonds is 3. The highest BCUT2D eigenvalue weighted by molar-refractivity contribution is 9.10. The van der Waals surface area contributed by atoms with Gasteiger partial charge >= 0.3 is 0 Å². The van der Waals surface area contributed by atoms with Gasteiger partial charge in [0.15, 0.2) is 5.82 Å². The van der Waals surface area contributed by atoms with Gasteiger partial charge in [-0.05, 0) is 28.6 Å². The van der Waals surface area contributed by atoms with Gasteiger partial charge in [-0.3, -0.25) is 4.79 Å². The monoisotopic (exact) mass is 309 g/mol. The van der Waals surface area contributed by atoms with Crippen molar-refractivity contribution in [3.05, 3.63) is 40.1 Å². The maximum atomic E-state index is 12.2. The van der Waals surface area contributed by atoms with E-state index in [1.165, 1.54) is 0 Å². The smallest absolute Gasteiger partial charge is 0.254 e. The molecule has 0 aliphatic carbocycles. The van der Waals surface area contributed by atoms with Crippen molar-refractivity contribution in [3.8, 4) is 0 Å². The molecule has 0 spiro atoms. The van der Waals surface area contributed by atoms with Crippen molar-refractivity contribution in [2.45, 2.75) is 6.54 Å². The molecule has 6 nitrogen and oxygen atoms in total. The van der Waals surface area contributed by atoms with Crippen LogP contribution < -0.4 is 0 Å². The van der Waals surface area contributed by atoms with Crippen molar-refractivity contribution in [2.24, 2.45) is 7.05 Å². The van der Waals surface area contributed by atoms with Crippen LogP contribution in [0.25, 0.3) is 0 Å². The van der Waals surface area contributed by atoms with E-state index in [1.807, 2.05) is 12.1 Å². The van der Waals surface area contributed by atoms with Crippen LogP contribution in [0.4, 0.5) is 0 Å². The van der Waals surface area contributed by atoms with Gasteiger partial charge in [0.25, 0.3) is 5.91 Å². The van der Waals surface area contributed by atoms with Crippen LogP contribution in [0, 0.1) is 0 Å². The topological polar surface area (TPSA) is 63.9 Å². The first-order valence-corrected chi connectivity index (χ1v) is 6.09. The number of halogens is 1. The number of hydrogen-bond donors (Lipinski definition) is 0. The van der Waals surface area contributed by atoms with Crippen LogP contribution in [0.5, 0.6) is 0 Å². The van der Waals surface area contributed by atoms with Crippen LogP contribution in [-0.4, -0.2) is 38.1 Å². The summed E-state index contributed by atoms with van der Waals surface area (Å²) in [5.74, 6) is 0.570. The molecule has 1 aromatic carbocycles. The summed E-state index contributed by atoms with van der Waals surface area (Å²) in [7, 11) is 3.46. The minimum Gasteiger partial charge on any atom is -0.334 e. The fraction of sp³-hybridized carbons (Fsp3) is 0.273. The molecule has 0 unspecified atom stereocenters. The molecule has 0 aliphatic rings. The molecule has 1 aromatic heterocycles. The average molecular weight is 310 g/mol. The third kappa shape index (κ3) is 2.73. The standard InChI is InChI=1S/C11H12BrN5O/c1-16(7-10-13-14-15-17(10)2)11(18)8-4-3-5-9(12)6-8/h3-6H,7H2,1-2H3. The van der Waals surface area contributed by atoms with E-state index in [-0.39, 0.29) is 5.91 Å². The summed E-state index contributed by atoms with van der Waals surface area (Å²) in [6.07, 6.45) is 0. The SMILES string of the molecule is CN(Cc1nnnn1C)C(=O)c1cccc(Br)c1. The summed E-state index contributed by atoms with van der Waals surface area (Å²) in [6, 6.07) is 7.27. The van der Waals surface area contributed by atoms with Gasteiger partial charge in [0.2, 0.25) is 0 Å². The molecule has 0 bridgehead atoms. The van der Waals surface area contributed by atoms with Gasteiger partial charge in [0, 0.05) is 24.1 Å². The molecule has 94 valence electrons. The molecule has 1 heterocycles. The van der Waals surface area contributed by atoms with Crippen molar-refractivity contribution in [3.63, 3.8) is 0 Å². The quantitative estimate of drug-likeness (QED) is 0.856. The summed E-state index contributed by atoms with van der Waals surface area (Å²) < 4.78 is 2.42. The summed E-state index contributed by atoms with van der Waals surface area (Å²) in [4.78, 5) is 13.7. The third-order valence-electron chi connectivity index (χ3n) is 2.50.